The normalized spacial score (nSPS) is 11.5. The molecule has 0 amide bonds. The molecule has 0 atom stereocenters. The van der Waals surface area contributed by atoms with Gasteiger partial charge in [-0.3, -0.25) is 9.97 Å². The first-order chi connectivity index (χ1) is 61.5. The molecule has 12 heteroatoms. The molecule has 0 spiro atoms. The first kappa shape index (κ1) is 73.1. The number of thiophene rings is 2. The molecular formula is C112H70N10S2. The number of pyridine rings is 2. The van der Waals surface area contributed by atoms with Crippen LogP contribution >= 0.6 is 22.7 Å². The van der Waals surface area contributed by atoms with Crippen LogP contribution in [0.4, 0.5) is 0 Å². The van der Waals surface area contributed by atoms with E-state index in [1.165, 1.54) is 73.1 Å². The van der Waals surface area contributed by atoms with Crippen molar-refractivity contribution in [3.8, 4) is 147 Å². The summed E-state index contributed by atoms with van der Waals surface area (Å²) in [5.74, 6) is 3.53. The van der Waals surface area contributed by atoms with E-state index in [0.717, 1.165) is 123 Å². The second-order valence-electron chi connectivity index (χ2n) is 30.8. The van der Waals surface area contributed by atoms with E-state index in [1.54, 1.807) is 0 Å². The largest absolute Gasteiger partial charge is 0.309 e. The van der Waals surface area contributed by atoms with Crippen molar-refractivity contribution in [2.75, 3.05) is 0 Å². The van der Waals surface area contributed by atoms with Gasteiger partial charge in [-0.25, -0.2) is 29.9 Å². The van der Waals surface area contributed by atoms with Crippen LogP contribution in [-0.2, 0) is 0 Å². The van der Waals surface area contributed by atoms with Gasteiger partial charge >= 0.3 is 0 Å². The quantitative estimate of drug-likeness (QED) is 0.106. The van der Waals surface area contributed by atoms with Crippen LogP contribution in [0, 0.1) is 0 Å². The lowest BCUT2D eigenvalue weighted by Gasteiger charge is -2.15. The highest BCUT2D eigenvalue weighted by Crippen LogP contribution is 2.49. The van der Waals surface area contributed by atoms with Gasteiger partial charge in [0, 0.05) is 141 Å². The second kappa shape index (κ2) is 31.2. The molecule has 0 radical (unpaired) electrons. The summed E-state index contributed by atoms with van der Waals surface area (Å²) in [6, 6.07) is 145. The zero-order valence-corrected chi connectivity index (χ0v) is 68.3. The fraction of sp³-hybridized carbons (Fsp3) is 0. The van der Waals surface area contributed by atoms with Crippen molar-refractivity contribution in [2.24, 2.45) is 0 Å². The molecule has 24 aromatic rings. The van der Waals surface area contributed by atoms with E-state index < -0.39 is 0 Å². The van der Waals surface area contributed by atoms with Crippen molar-refractivity contribution < 1.29 is 0 Å². The van der Waals surface area contributed by atoms with Crippen LogP contribution < -0.4 is 0 Å². The first-order valence-corrected chi connectivity index (χ1v) is 43.1. The molecular weight excluding hydrogens is 1550 g/mol. The molecule has 0 aliphatic rings. The van der Waals surface area contributed by atoms with E-state index in [1.807, 2.05) is 156 Å². The van der Waals surface area contributed by atoms with Gasteiger partial charge in [0.05, 0.1) is 33.5 Å². The highest BCUT2D eigenvalue weighted by molar-refractivity contribution is 7.26. The van der Waals surface area contributed by atoms with Crippen molar-refractivity contribution in [3.05, 3.63) is 425 Å². The molecule has 24 rings (SSSR count). The van der Waals surface area contributed by atoms with Crippen LogP contribution in [0.25, 0.3) is 231 Å². The van der Waals surface area contributed by atoms with E-state index in [2.05, 4.69) is 300 Å². The zero-order chi connectivity index (χ0) is 82.0. The average molecular weight is 1620 g/mol. The van der Waals surface area contributed by atoms with Gasteiger partial charge in [-0.15, -0.1) is 22.7 Å². The summed E-state index contributed by atoms with van der Waals surface area (Å²) in [6.45, 7) is 0. The summed E-state index contributed by atoms with van der Waals surface area (Å²) in [5, 5.41) is 9.71. The number of para-hydroxylation sites is 4. The Bertz CT molecular complexity index is 8090. The predicted molar refractivity (Wildman–Crippen MR) is 515 cm³/mol. The minimum atomic E-state index is 0.558. The molecule has 0 saturated carbocycles. The summed E-state index contributed by atoms with van der Waals surface area (Å²) in [7, 11) is 0. The Morgan fingerprint density at radius 3 is 0.968 bits per heavy atom. The summed E-state index contributed by atoms with van der Waals surface area (Å²) in [5.41, 5.74) is 24.6. The lowest BCUT2D eigenvalue weighted by atomic mass is 9.93. The van der Waals surface area contributed by atoms with Crippen molar-refractivity contribution in [2.45, 2.75) is 0 Å². The fourth-order valence-corrected chi connectivity index (χ4v) is 19.9. The molecule has 0 bridgehead atoms. The van der Waals surface area contributed by atoms with Gasteiger partial charge in [0.2, 0.25) is 0 Å². The van der Waals surface area contributed by atoms with E-state index in [4.69, 9.17) is 39.9 Å². The molecule has 0 fully saturated rings. The Morgan fingerprint density at radius 2 is 0.516 bits per heavy atom. The molecule has 16 aromatic carbocycles. The van der Waals surface area contributed by atoms with Crippen LogP contribution in [0.15, 0.2) is 425 Å². The Hall–Kier alpha value is -16.1. The summed E-state index contributed by atoms with van der Waals surface area (Å²) < 4.78 is 9.67. The molecule has 0 aliphatic carbocycles. The van der Waals surface area contributed by atoms with E-state index >= 15 is 0 Å². The van der Waals surface area contributed by atoms with E-state index in [9.17, 15) is 0 Å². The number of fused-ring (bicyclic) bond motifs is 12. The first-order valence-electron chi connectivity index (χ1n) is 41.4. The van der Waals surface area contributed by atoms with E-state index in [-0.39, 0.29) is 0 Å². The molecule has 8 aromatic heterocycles. The third-order valence-corrected chi connectivity index (χ3v) is 25.7. The van der Waals surface area contributed by atoms with Crippen molar-refractivity contribution in [1.29, 1.82) is 0 Å². The molecule has 580 valence electrons. The molecule has 124 heavy (non-hydrogen) atoms. The van der Waals surface area contributed by atoms with Crippen LogP contribution in [0.1, 0.15) is 0 Å². The number of aromatic nitrogens is 10. The monoisotopic (exact) mass is 1620 g/mol. The topological polar surface area (TPSA) is 113 Å². The maximum atomic E-state index is 5.44. The Labute approximate surface area is 722 Å². The number of hydrogen-bond donors (Lipinski definition) is 0. The lowest BCUT2D eigenvalue weighted by molar-refractivity contribution is 1.07. The summed E-state index contributed by atoms with van der Waals surface area (Å²) in [6.07, 6.45) is 4.01. The maximum absolute atomic E-state index is 5.44. The SMILES string of the molecule is c1ccc(-c2nc(-c3ccccc3)nc(-c3cc(-c4ccccc4-c4ccccc4)cnc3-c3ccc4sc5cc6c7ccccc7n(-c7ccccc7)c6cc5c4c3)n2)cc1.c1ccc(-c2nc(-c3ccccc3)nc(-c3cc(-c4ccccc4-c4ccccc4)cnc3-c3cccc4sc5cc6c7ccccc7n(-c7ccccc7)c6cc5c34)n2)cc1. The van der Waals surface area contributed by atoms with Gasteiger partial charge in [-0.1, -0.05) is 322 Å². The average Bonchev–Trinajstić information content (AvgIpc) is 1.56. The van der Waals surface area contributed by atoms with E-state index in [0.29, 0.717) is 34.9 Å². The van der Waals surface area contributed by atoms with Gasteiger partial charge < -0.3 is 9.13 Å². The molecule has 0 N–H and O–H groups in total. The number of nitrogens with zero attached hydrogens (tertiary/aromatic N) is 10. The second-order valence-corrected chi connectivity index (χ2v) is 33.0. The highest BCUT2D eigenvalue weighted by Gasteiger charge is 2.26. The molecule has 8 heterocycles. The van der Waals surface area contributed by atoms with Crippen LogP contribution in [0.2, 0.25) is 0 Å². The minimum Gasteiger partial charge on any atom is -0.309 e. The third kappa shape index (κ3) is 13.2. The third-order valence-electron chi connectivity index (χ3n) is 23.4. The number of rotatable bonds is 14. The number of benzene rings is 16. The fourth-order valence-electron chi connectivity index (χ4n) is 17.7. The Balaban J connectivity index is 0.000000143. The standard InChI is InChI=1S/2C56H35N5S/c1-5-18-36(19-6-1)41-26-13-14-27-42(41)39-32-47(56-59-54(37-20-7-2-8-21-37)58-55(60-56)38-22-9-3-10-23-38)53(57-35-39)44-29-17-31-50-52(44)46-33-49-45(34-51(46)62-50)43-28-15-16-30-48(43)61(49)40-24-11-4-12-25-40;1-5-17-36(18-6-1)42-25-13-14-26-43(42)40-32-48(56-59-54(37-19-7-2-8-20-37)58-55(60-56)38-21-9-3-10-22-38)53(57-35-40)39-29-30-51-46(31-39)47-33-50-45(34-52(47)62-51)44-27-15-16-28-49(44)61(50)41-23-11-4-12-24-41/h2*1-35H. The number of hydrogen-bond acceptors (Lipinski definition) is 10. The Kier molecular flexibility index (Phi) is 18.4. The van der Waals surface area contributed by atoms with Crippen LogP contribution in [-0.4, -0.2) is 49.0 Å². The predicted octanol–water partition coefficient (Wildman–Crippen LogP) is 29.5. The van der Waals surface area contributed by atoms with Gasteiger partial charge in [0.25, 0.3) is 0 Å². The van der Waals surface area contributed by atoms with Crippen molar-refractivity contribution >= 4 is 107 Å². The summed E-state index contributed by atoms with van der Waals surface area (Å²) >= 11 is 3.65. The van der Waals surface area contributed by atoms with Gasteiger partial charge in [-0.05, 0) is 124 Å². The smallest absolute Gasteiger partial charge is 0.166 e. The highest BCUT2D eigenvalue weighted by atomic mass is 32.1. The molecule has 0 unspecified atom stereocenters. The summed E-state index contributed by atoms with van der Waals surface area (Å²) in [4.78, 5) is 41.9. The molecule has 0 saturated heterocycles. The van der Waals surface area contributed by atoms with Crippen LogP contribution in [0.5, 0.6) is 0 Å². The van der Waals surface area contributed by atoms with Crippen molar-refractivity contribution in [1.82, 2.24) is 49.0 Å². The van der Waals surface area contributed by atoms with Gasteiger partial charge in [-0.2, -0.15) is 0 Å². The lowest BCUT2D eigenvalue weighted by Crippen LogP contribution is -2.02. The zero-order valence-electron chi connectivity index (χ0n) is 66.7. The van der Waals surface area contributed by atoms with Gasteiger partial charge in [0.15, 0.2) is 34.9 Å². The Morgan fingerprint density at radius 1 is 0.177 bits per heavy atom. The van der Waals surface area contributed by atoms with Crippen LogP contribution in [0.3, 0.4) is 0 Å². The minimum absolute atomic E-state index is 0.558. The maximum Gasteiger partial charge on any atom is 0.166 e. The molecule has 0 aliphatic heterocycles. The van der Waals surface area contributed by atoms with Crippen molar-refractivity contribution in [3.63, 3.8) is 0 Å². The molecule has 10 nitrogen and oxygen atoms in total. The van der Waals surface area contributed by atoms with Gasteiger partial charge in [0.1, 0.15) is 0 Å².